The number of hydrogen-bond donors (Lipinski definition) is 3. The van der Waals surface area contributed by atoms with Crippen molar-refractivity contribution in [2.24, 2.45) is 0 Å². The Morgan fingerprint density at radius 1 is 1.35 bits per heavy atom. The van der Waals surface area contributed by atoms with Gasteiger partial charge in [-0.2, -0.15) is 0 Å². The monoisotopic (exact) mass is 299 g/mol. The molecule has 0 radical (unpaired) electrons. The van der Waals surface area contributed by atoms with Gasteiger partial charge in [0.25, 0.3) is 0 Å². The first-order chi connectivity index (χ1) is 9.17. The highest BCUT2D eigenvalue weighted by Gasteiger charge is 2.13. The lowest BCUT2D eigenvalue weighted by Gasteiger charge is -2.20. The lowest BCUT2D eigenvalue weighted by Crippen LogP contribution is -2.41. The fraction of sp³-hybridized carbons (Fsp3) is 0.462. The van der Waals surface area contributed by atoms with E-state index in [4.69, 9.17) is 16.7 Å². The lowest BCUT2D eigenvalue weighted by atomic mass is 10.1. The van der Waals surface area contributed by atoms with Crippen molar-refractivity contribution in [3.8, 4) is 0 Å². The third-order valence-electron chi connectivity index (χ3n) is 2.21. The number of hydrogen-bond acceptors (Lipinski definition) is 4. The van der Waals surface area contributed by atoms with Crippen molar-refractivity contribution in [3.05, 3.63) is 22.8 Å². The topological polar surface area (TPSA) is 91.3 Å². The van der Waals surface area contributed by atoms with Crippen LogP contribution in [-0.4, -0.2) is 34.1 Å². The summed E-state index contributed by atoms with van der Waals surface area (Å²) in [7, 11) is 0. The summed E-state index contributed by atoms with van der Waals surface area (Å²) in [6, 6.07) is 2.64. The Kier molecular flexibility index (Phi) is 5.33. The molecule has 3 N–H and O–H groups in total. The second kappa shape index (κ2) is 6.56. The van der Waals surface area contributed by atoms with E-state index in [2.05, 4.69) is 15.6 Å². The van der Waals surface area contributed by atoms with Crippen molar-refractivity contribution in [1.82, 2.24) is 10.3 Å². The minimum Gasteiger partial charge on any atom is -0.478 e. The van der Waals surface area contributed by atoms with Crippen LogP contribution in [0.1, 0.15) is 37.6 Å². The molecular formula is C13H18ClN3O3. The number of rotatable bonds is 5. The third kappa shape index (κ3) is 5.88. The largest absolute Gasteiger partial charge is 0.478 e. The Bertz CT molecular complexity index is 512. The minimum absolute atomic E-state index is 0.0478. The molecule has 0 aromatic carbocycles. The van der Waals surface area contributed by atoms with Gasteiger partial charge in [-0.15, -0.1) is 0 Å². The number of aromatic nitrogens is 1. The van der Waals surface area contributed by atoms with Crippen LogP contribution in [0.5, 0.6) is 0 Å². The van der Waals surface area contributed by atoms with E-state index in [9.17, 15) is 9.59 Å². The fourth-order valence-corrected chi connectivity index (χ4v) is 1.70. The molecule has 0 atom stereocenters. The molecule has 0 aliphatic carbocycles. The maximum Gasteiger partial charge on any atom is 0.335 e. The highest BCUT2D eigenvalue weighted by molar-refractivity contribution is 6.29. The molecule has 0 unspecified atom stereocenters. The molecule has 1 aromatic heterocycles. The zero-order valence-electron chi connectivity index (χ0n) is 11.7. The number of carbonyl (C=O) groups excluding carboxylic acids is 1. The van der Waals surface area contributed by atoms with Crippen LogP contribution < -0.4 is 10.6 Å². The van der Waals surface area contributed by atoms with Gasteiger partial charge in [-0.25, -0.2) is 9.78 Å². The zero-order valence-corrected chi connectivity index (χ0v) is 12.4. The fourth-order valence-electron chi connectivity index (χ4n) is 1.50. The Labute approximate surface area is 122 Å². The molecular weight excluding hydrogens is 282 g/mol. The van der Waals surface area contributed by atoms with Crippen LogP contribution >= 0.6 is 11.6 Å². The van der Waals surface area contributed by atoms with Gasteiger partial charge in [-0.1, -0.05) is 11.6 Å². The van der Waals surface area contributed by atoms with E-state index < -0.39 is 5.97 Å². The van der Waals surface area contributed by atoms with Crippen LogP contribution in [0.25, 0.3) is 0 Å². The minimum atomic E-state index is -1.08. The van der Waals surface area contributed by atoms with Crippen LogP contribution in [0.2, 0.25) is 5.15 Å². The standard InChI is InChI=1S/C13H18ClN3O3/c1-13(2,3)17-11(18)4-5-15-10-7-8(12(19)20)6-9(14)16-10/h6-7H,4-5H2,1-3H3,(H,15,16)(H,17,18)(H,19,20). The molecule has 0 aliphatic rings. The zero-order chi connectivity index (χ0) is 15.3. The van der Waals surface area contributed by atoms with Gasteiger partial charge in [-0.3, -0.25) is 4.79 Å². The molecule has 0 aliphatic heterocycles. The van der Waals surface area contributed by atoms with Crippen molar-refractivity contribution in [2.75, 3.05) is 11.9 Å². The summed E-state index contributed by atoms with van der Waals surface area (Å²) in [4.78, 5) is 26.4. The van der Waals surface area contributed by atoms with Crippen molar-refractivity contribution < 1.29 is 14.7 Å². The first-order valence-corrected chi connectivity index (χ1v) is 6.51. The molecule has 7 heteroatoms. The number of nitrogens with one attached hydrogen (secondary N) is 2. The number of carbonyl (C=O) groups is 2. The molecule has 0 bridgehead atoms. The highest BCUT2D eigenvalue weighted by atomic mass is 35.5. The van der Waals surface area contributed by atoms with Gasteiger partial charge in [0.2, 0.25) is 5.91 Å². The van der Waals surface area contributed by atoms with E-state index in [-0.39, 0.29) is 28.6 Å². The smallest absolute Gasteiger partial charge is 0.335 e. The van der Waals surface area contributed by atoms with Crippen molar-refractivity contribution in [2.45, 2.75) is 32.7 Å². The number of carboxylic acid groups (broad SMARTS) is 1. The highest BCUT2D eigenvalue weighted by Crippen LogP contribution is 2.14. The quantitative estimate of drug-likeness (QED) is 0.725. The summed E-state index contributed by atoms with van der Waals surface area (Å²) >= 11 is 5.73. The first-order valence-electron chi connectivity index (χ1n) is 6.13. The van der Waals surface area contributed by atoms with Crippen LogP contribution in [0.15, 0.2) is 12.1 Å². The van der Waals surface area contributed by atoms with E-state index >= 15 is 0 Å². The molecule has 0 saturated heterocycles. The van der Waals surface area contributed by atoms with Gasteiger partial charge < -0.3 is 15.7 Å². The number of carboxylic acids is 1. The summed E-state index contributed by atoms with van der Waals surface area (Å²) < 4.78 is 0. The molecule has 0 fully saturated rings. The number of anilines is 1. The Hall–Kier alpha value is -1.82. The maximum absolute atomic E-state index is 11.6. The second-order valence-electron chi connectivity index (χ2n) is 5.34. The van der Waals surface area contributed by atoms with Gasteiger partial charge in [0.15, 0.2) is 0 Å². The summed E-state index contributed by atoms with van der Waals surface area (Å²) in [6.07, 6.45) is 0.258. The average molecular weight is 300 g/mol. The first kappa shape index (κ1) is 16.2. The maximum atomic E-state index is 11.6. The molecule has 1 aromatic rings. The summed E-state index contributed by atoms with van der Waals surface area (Å²) in [5.41, 5.74) is -0.228. The molecule has 1 heterocycles. The number of nitrogens with zero attached hydrogens (tertiary/aromatic N) is 1. The van der Waals surface area contributed by atoms with Crippen molar-refractivity contribution in [3.63, 3.8) is 0 Å². The third-order valence-corrected chi connectivity index (χ3v) is 2.41. The molecule has 20 heavy (non-hydrogen) atoms. The number of amides is 1. The van der Waals surface area contributed by atoms with Gasteiger partial charge in [0.05, 0.1) is 5.56 Å². The second-order valence-corrected chi connectivity index (χ2v) is 5.73. The molecule has 0 saturated carbocycles. The van der Waals surface area contributed by atoms with Gasteiger partial charge in [0, 0.05) is 18.5 Å². The van der Waals surface area contributed by atoms with E-state index in [0.717, 1.165) is 0 Å². The van der Waals surface area contributed by atoms with Gasteiger partial charge in [-0.05, 0) is 32.9 Å². The normalized spacial score (nSPS) is 11.0. The molecule has 0 spiro atoms. The van der Waals surface area contributed by atoms with Crippen molar-refractivity contribution in [1.29, 1.82) is 0 Å². The SMILES string of the molecule is CC(C)(C)NC(=O)CCNc1cc(C(=O)O)cc(Cl)n1. The molecule has 1 rings (SSSR count). The molecule has 6 nitrogen and oxygen atoms in total. The van der Waals surface area contributed by atoms with E-state index in [1.165, 1.54) is 12.1 Å². The van der Waals surface area contributed by atoms with Crippen molar-refractivity contribution >= 4 is 29.3 Å². The predicted molar refractivity (Wildman–Crippen MR) is 77.2 cm³/mol. The van der Waals surface area contributed by atoms with Crippen LogP contribution in [0.3, 0.4) is 0 Å². The van der Waals surface area contributed by atoms with Crippen LogP contribution in [0.4, 0.5) is 5.82 Å². The summed E-state index contributed by atoms with van der Waals surface area (Å²) in [5, 5.41) is 14.7. The summed E-state index contributed by atoms with van der Waals surface area (Å²) in [5.74, 6) is -0.841. The number of pyridine rings is 1. The van der Waals surface area contributed by atoms with Gasteiger partial charge in [0.1, 0.15) is 11.0 Å². The Balaban J connectivity index is 2.54. The lowest BCUT2D eigenvalue weighted by molar-refractivity contribution is -0.122. The van der Waals surface area contributed by atoms with E-state index in [1.54, 1.807) is 0 Å². The van der Waals surface area contributed by atoms with E-state index in [0.29, 0.717) is 12.4 Å². The number of halogens is 1. The Morgan fingerprint density at radius 3 is 2.55 bits per heavy atom. The van der Waals surface area contributed by atoms with E-state index in [1.807, 2.05) is 20.8 Å². The van der Waals surface area contributed by atoms with Crippen LogP contribution in [-0.2, 0) is 4.79 Å². The predicted octanol–water partition coefficient (Wildman–Crippen LogP) is 2.15. The molecule has 1 amide bonds. The summed E-state index contributed by atoms with van der Waals surface area (Å²) in [6.45, 7) is 6.04. The average Bonchev–Trinajstić information content (AvgIpc) is 2.25. The van der Waals surface area contributed by atoms with Gasteiger partial charge >= 0.3 is 5.97 Å². The van der Waals surface area contributed by atoms with Crippen LogP contribution in [0, 0.1) is 0 Å². The Morgan fingerprint density at radius 2 is 2.00 bits per heavy atom. The number of aromatic carboxylic acids is 1. The molecule has 110 valence electrons.